The van der Waals surface area contributed by atoms with E-state index in [1.165, 1.54) is 25.6 Å². The van der Waals surface area contributed by atoms with Crippen molar-refractivity contribution in [2.45, 2.75) is 19.9 Å². The molecule has 2 aromatic rings. The monoisotopic (exact) mass is 392 g/mol. The summed E-state index contributed by atoms with van der Waals surface area (Å²) in [6, 6.07) is 4.71. The summed E-state index contributed by atoms with van der Waals surface area (Å²) in [5.74, 6) is 0.554. The van der Waals surface area contributed by atoms with Crippen LogP contribution >= 0.6 is 11.3 Å². The molecule has 1 aromatic heterocycles. The third kappa shape index (κ3) is 5.41. The van der Waals surface area contributed by atoms with Crippen molar-refractivity contribution in [2.75, 3.05) is 26.1 Å². The Morgan fingerprint density at radius 2 is 1.89 bits per heavy atom. The molecule has 0 fully saturated rings. The maximum absolute atomic E-state index is 12.4. The van der Waals surface area contributed by atoms with Crippen molar-refractivity contribution in [1.29, 1.82) is 0 Å². The van der Waals surface area contributed by atoms with E-state index >= 15 is 0 Å². The summed E-state index contributed by atoms with van der Waals surface area (Å²) in [6.45, 7) is 4.34. The Morgan fingerprint density at radius 3 is 2.52 bits per heavy atom. The molecule has 146 valence electrons. The summed E-state index contributed by atoms with van der Waals surface area (Å²) in [4.78, 5) is 28.7. The predicted octanol–water partition coefficient (Wildman–Crippen LogP) is 2.13. The van der Waals surface area contributed by atoms with Crippen LogP contribution in [0.15, 0.2) is 23.6 Å². The van der Waals surface area contributed by atoms with E-state index in [9.17, 15) is 9.59 Å². The molecule has 9 heteroatoms. The number of aromatic nitrogens is 1. The van der Waals surface area contributed by atoms with Gasteiger partial charge in [0.05, 0.1) is 14.2 Å². The second kappa shape index (κ2) is 9.33. The lowest BCUT2D eigenvalue weighted by atomic mass is 10.1. The highest BCUT2D eigenvalue weighted by Gasteiger charge is 2.16. The summed E-state index contributed by atoms with van der Waals surface area (Å²) < 4.78 is 10.3. The number of nitrogens with one attached hydrogen (secondary N) is 2. The zero-order chi connectivity index (χ0) is 20.0. The Balaban J connectivity index is 2.00. The molecule has 0 aliphatic carbocycles. The van der Waals surface area contributed by atoms with Crippen LogP contribution in [-0.2, 0) is 0 Å². The lowest BCUT2D eigenvalue weighted by Gasteiger charge is -2.15. The van der Waals surface area contributed by atoms with Crippen LogP contribution in [0.3, 0.4) is 0 Å². The Kier molecular flexibility index (Phi) is 7.14. The van der Waals surface area contributed by atoms with E-state index in [2.05, 4.69) is 15.6 Å². The molecule has 0 bridgehead atoms. The number of benzene rings is 1. The Labute approximate surface area is 162 Å². The topological polar surface area (TPSA) is 116 Å². The van der Waals surface area contributed by atoms with Crippen LogP contribution < -0.4 is 25.8 Å². The Bertz CT molecular complexity index is 806. The standard InChI is InChI=1S/C18H24N4O4S/c1-10(2)12(19)8-20-17(24)13-9-27-18(21-13)22-16(23)11-5-6-14(25-3)15(7-11)26-4/h5-7,9-10,12H,8,19H2,1-4H3,(H,20,24)(H,21,22,23). The van der Waals surface area contributed by atoms with Crippen LogP contribution in [-0.4, -0.2) is 43.6 Å². The molecule has 8 nitrogen and oxygen atoms in total. The number of carbonyl (C=O) groups excluding carboxylic acids is 2. The molecular weight excluding hydrogens is 368 g/mol. The maximum Gasteiger partial charge on any atom is 0.270 e. The van der Waals surface area contributed by atoms with Crippen molar-refractivity contribution in [1.82, 2.24) is 10.3 Å². The molecule has 0 aliphatic heterocycles. The first kappa shape index (κ1) is 20.7. The van der Waals surface area contributed by atoms with E-state index in [1.54, 1.807) is 23.6 Å². The van der Waals surface area contributed by atoms with E-state index in [-0.39, 0.29) is 29.5 Å². The quantitative estimate of drug-likeness (QED) is 0.634. The summed E-state index contributed by atoms with van der Waals surface area (Å²) in [5, 5.41) is 7.33. The summed E-state index contributed by atoms with van der Waals surface area (Å²) in [7, 11) is 3.02. The number of carbonyl (C=O) groups is 2. The van der Waals surface area contributed by atoms with Gasteiger partial charge < -0.3 is 20.5 Å². The number of thiazole rings is 1. The van der Waals surface area contributed by atoms with Crippen molar-refractivity contribution in [2.24, 2.45) is 11.7 Å². The number of anilines is 1. The Hall–Kier alpha value is -2.65. The largest absolute Gasteiger partial charge is 0.493 e. The highest BCUT2D eigenvalue weighted by atomic mass is 32.1. The van der Waals surface area contributed by atoms with Gasteiger partial charge in [0.2, 0.25) is 0 Å². The molecule has 2 rings (SSSR count). The van der Waals surface area contributed by atoms with Gasteiger partial charge in [-0.3, -0.25) is 14.9 Å². The van der Waals surface area contributed by atoms with Crippen molar-refractivity contribution in [3.63, 3.8) is 0 Å². The molecule has 0 saturated heterocycles. The number of rotatable bonds is 8. The molecule has 2 amide bonds. The third-order valence-electron chi connectivity index (χ3n) is 3.96. The fourth-order valence-corrected chi connectivity index (χ4v) is 2.80. The molecular formula is C18H24N4O4S. The minimum atomic E-state index is -0.362. The van der Waals surface area contributed by atoms with Crippen LogP contribution in [0.4, 0.5) is 5.13 Å². The zero-order valence-corrected chi connectivity index (χ0v) is 16.6. The highest BCUT2D eigenvalue weighted by Crippen LogP contribution is 2.28. The van der Waals surface area contributed by atoms with Gasteiger partial charge in [-0.1, -0.05) is 13.8 Å². The van der Waals surface area contributed by atoms with Gasteiger partial charge in [0.15, 0.2) is 16.6 Å². The van der Waals surface area contributed by atoms with Crippen LogP contribution in [0, 0.1) is 5.92 Å². The van der Waals surface area contributed by atoms with Crippen LogP contribution in [0.5, 0.6) is 11.5 Å². The number of amides is 2. The van der Waals surface area contributed by atoms with Crippen LogP contribution in [0.1, 0.15) is 34.7 Å². The van der Waals surface area contributed by atoms with E-state index in [1.807, 2.05) is 13.8 Å². The zero-order valence-electron chi connectivity index (χ0n) is 15.7. The average molecular weight is 392 g/mol. The fraction of sp³-hybridized carbons (Fsp3) is 0.389. The maximum atomic E-state index is 12.4. The summed E-state index contributed by atoms with van der Waals surface area (Å²) in [5.41, 5.74) is 6.53. The first-order valence-corrected chi connectivity index (χ1v) is 9.26. The highest BCUT2D eigenvalue weighted by molar-refractivity contribution is 7.14. The molecule has 4 N–H and O–H groups in total. The molecule has 1 unspecified atom stereocenters. The first-order chi connectivity index (χ1) is 12.8. The number of ether oxygens (including phenoxy) is 2. The fourth-order valence-electron chi connectivity index (χ4n) is 2.12. The lowest BCUT2D eigenvalue weighted by molar-refractivity contribution is 0.0943. The second-order valence-corrected chi connectivity index (χ2v) is 7.04. The second-order valence-electron chi connectivity index (χ2n) is 6.18. The number of nitrogens with zero attached hydrogens (tertiary/aromatic N) is 1. The average Bonchev–Trinajstić information content (AvgIpc) is 3.13. The molecule has 27 heavy (non-hydrogen) atoms. The number of hydrogen-bond acceptors (Lipinski definition) is 7. The van der Waals surface area contributed by atoms with Crippen molar-refractivity contribution < 1.29 is 19.1 Å². The molecule has 1 atom stereocenters. The van der Waals surface area contributed by atoms with E-state index in [0.29, 0.717) is 28.7 Å². The van der Waals surface area contributed by atoms with E-state index in [4.69, 9.17) is 15.2 Å². The lowest BCUT2D eigenvalue weighted by Crippen LogP contribution is -2.40. The van der Waals surface area contributed by atoms with Gasteiger partial charge in [-0.25, -0.2) is 4.98 Å². The first-order valence-electron chi connectivity index (χ1n) is 8.38. The smallest absolute Gasteiger partial charge is 0.270 e. The van der Waals surface area contributed by atoms with Gasteiger partial charge in [0.25, 0.3) is 11.8 Å². The molecule has 0 radical (unpaired) electrons. The normalized spacial score (nSPS) is 11.8. The molecule has 0 saturated carbocycles. The number of methoxy groups -OCH3 is 2. The minimum Gasteiger partial charge on any atom is -0.493 e. The van der Waals surface area contributed by atoms with Gasteiger partial charge in [-0.15, -0.1) is 11.3 Å². The molecule has 1 aromatic carbocycles. The van der Waals surface area contributed by atoms with Gasteiger partial charge in [0, 0.05) is 23.5 Å². The van der Waals surface area contributed by atoms with Gasteiger partial charge in [-0.2, -0.15) is 0 Å². The number of hydrogen-bond donors (Lipinski definition) is 3. The molecule has 1 heterocycles. The van der Waals surface area contributed by atoms with Crippen molar-refractivity contribution in [3.8, 4) is 11.5 Å². The van der Waals surface area contributed by atoms with Crippen molar-refractivity contribution >= 4 is 28.3 Å². The SMILES string of the molecule is COc1ccc(C(=O)Nc2nc(C(=O)NCC(N)C(C)C)cs2)cc1OC. The summed E-state index contributed by atoms with van der Waals surface area (Å²) in [6.07, 6.45) is 0. The van der Waals surface area contributed by atoms with E-state index < -0.39 is 0 Å². The van der Waals surface area contributed by atoms with Gasteiger partial charge >= 0.3 is 0 Å². The summed E-state index contributed by atoms with van der Waals surface area (Å²) >= 11 is 1.17. The minimum absolute atomic E-state index is 0.128. The van der Waals surface area contributed by atoms with Crippen molar-refractivity contribution in [3.05, 3.63) is 34.8 Å². The Morgan fingerprint density at radius 1 is 1.19 bits per heavy atom. The van der Waals surface area contributed by atoms with Crippen LogP contribution in [0.2, 0.25) is 0 Å². The van der Waals surface area contributed by atoms with E-state index in [0.717, 1.165) is 0 Å². The predicted molar refractivity (Wildman–Crippen MR) is 105 cm³/mol. The van der Waals surface area contributed by atoms with Gasteiger partial charge in [-0.05, 0) is 24.1 Å². The third-order valence-corrected chi connectivity index (χ3v) is 4.72. The molecule has 0 spiro atoms. The molecule has 0 aliphatic rings. The van der Waals surface area contributed by atoms with Crippen LogP contribution in [0.25, 0.3) is 0 Å². The number of nitrogens with two attached hydrogens (primary N) is 1. The van der Waals surface area contributed by atoms with Gasteiger partial charge in [0.1, 0.15) is 5.69 Å².